The molecule has 2 N–H and O–H groups in total. The summed E-state index contributed by atoms with van der Waals surface area (Å²) in [6.45, 7) is 10.0. The molecule has 0 aromatic heterocycles. The van der Waals surface area contributed by atoms with Crippen molar-refractivity contribution in [1.29, 1.82) is 0 Å². The molecule has 1 unspecified atom stereocenters. The second-order valence-electron chi connectivity index (χ2n) is 6.63. The number of benzene rings is 1. The van der Waals surface area contributed by atoms with E-state index in [0.29, 0.717) is 0 Å². The molecule has 10 heteroatoms. The van der Waals surface area contributed by atoms with Crippen LogP contribution in [-0.2, 0) is 41.6 Å². The summed E-state index contributed by atoms with van der Waals surface area (Å²) < 4.78 is 19.6. The highest BCUT2D eigenvalue weighted by atomic mass is 16.6. The summed E-state index contributed by atoms with van der Waals surface area (Å²) in [5.41, 5.74) is 1.83. The molecule has 0 radical (unpaired) electrons. The van der Waals surface area contributed by atoms with Crippen molar-refractivity contribution in [1.82, 2.24) is 10.6 Å². The first-order chi connectivity index (χ1) is 15.2. The number of ether oxygens (including phenoxy) is 4. The van der Waals surface area contributed by atoms with Gasteiger partial charge in [0.05, 0.1) is 0 Å². The van der Waals surface area contributed by atoms with E-state index in [1.807, 2.05) is 0 Å². The zero-order chi connectivity index (χ0) is 23.9. The van der Waals surface area contributed by atoms with Gasteiger partial charge < -0.3 is 29.6 Å². The van der Waals surface area contributed by atoms with Crippen molar-refractivity contribution in [2.24, 2.45) is 0 Å². The predicted octanol–water partition coefficient (Wildman–Crippen LogP) is 2.38. The molecule has 0 heterocycles. The lowest BCUT2D eigenvalue weighted by molar-refractivity contribution is -0.141. The van der Waals surface area contributed by atoms with Crippen LogP contribution in [0.15, 0.2) is 49.1 Å². The maximum Gasteiger partial charge on any atom is 0.407 e. The quantitative estimate of drug-likeness (QED) is 0.216. The Labute approximate surface area is 186 Å². The number of carbonyl (C=O) groups is 4. The van der Waals surface area contributed by atoms with Gasteiger partial charge in [-0.25, -0.2) is 19.2 Å². The van der Waals surface area contributed by atoms with Crippen molar-refractivity contribution in [2.75, 3.05) is 19.8 Å². The molecular weight excluding hydrogens is 420 g/mol. The zero-order valence-corrected chi connectivity index (χ0v) is 18.2. The number of esters is 2. The van der Waals surface area contributed by atoms with Gasteiger partial charge >= 0.3 is 24.1 Å². The average molecular weight is 448 g/mol. The largest absolute Gasteiger partial charge is 0.459 e. The molecule has 174 valence electrons. The van der Waals surface area contributed by atoms with Gasteiger partial charge in [0.1, 0.15) is 25.9 Å². The van der Waals surface area contributed by atoms with E-state index in [4.69, 9.17) is 18.9 Å². The number of hydrogen-bond donors (Lipinski definition) is 2. The monoisotopic (exact) mass is 448 g/mol. The zero-order valence-electron chi connectivity index (χ0n) is 18.2. The molecule has 1 aromatic carbocycles. The molecule has 1 atom stereocenters. The fourth-order valence-electron chi connectivity index (χ4n) is 2.16. The molecule has 2 amide bonds. The topological polar surface area (TPSA) is 129 Å². The molecule has 0 aliphatic carbocycles. The van der Waals surface area contributed by atoms with Crippen LogP contribution in [0.4, 0.5) is 9.59 Å². The van der Waals surface area contributed by atoms with Crippen LogP contribution in [0.2, 0.25) is 0 Å². The van der Waals surface area contributed by atoms with E-state index in [2.05, 4.69) is 23.8 Å². The van der Waals surface area contributed by atoms with Gasteiger partial charge in [-0.1, -0.05) is 37.4 Å². The summed E-state index contributed by atoms with van der Waals surface area (Å²) in [7, 11) is 0. The third-order valence-corrected chi connectivity index (χ3v) is 3.70. The van der Waals surface area contributed by atoms with Gasteiger partial charge in [-0.3, -0.25) is 0 Å². The second-order valence-corrected chi connectivity index (χ2v) is 6.63. The molecular formula is C22H28N2O8. The molecule has 32 heavy (non-hydrogen) atoms. The highest BCUT2D eigenvalue weighted by molar-refractivity contribution is 5.86. The van der Waals surface area contributed by atoms with Gasteiger partial charge in [0, 0.05) is 24.7 Å². The average Bonchev–Trinajstić information content (AvgIpc) is 2.77. The summed E-state index contributed by atoms with van der Waals surface area (Å²) in [6.07, 6.45) is -0.915. The third kappa shape index (κ3) is 11.4. The second kappa shape index (κ2) is 14.2. The van der Waals surface area contributed by atoms with E-state index < -0.39 is 30.2 Å². The van der Waals surface area contributed by atoms with Crippen molar-refractivity contribution >= 4 is 24.1 Å². The third-order valence-electron chi connectivity index (χ3n) is 3.70. The Morgan fingerprint density at radius 3 is 2.19 bits per heavy atom. The van der Waals surface area contributed by atoms with E-state index in [-0.39, 0.29) is 38.5 Å². The minimum absolute atomic E-state index is 0.0638. The fourth-order valence-corrected chi connectivity index (χ4v) is 2.16. The van der Waals surface area contributed by atoms with Gasteiger partial charge in [-0.2, -0.15) is 0 Å². The number of carbonyl (C=O) groups excluding carboxylic acids is 4. The molecule has 0 saturated carbocycles. The first kappa shape index (κ1) is 26.2. The van der Waals surface area contributed by atoms with E-state index in [1.165, 1.54) is 6.92 Å². The molecule has 0 bridgehead atoms. The van der Waals surface area contributed by atoms with Crippen molar-refractivity contribution in [3.05, 3.63) is 60.2 Å². The van der Waals surface area contributed by atoms with Crippen LogP contribution in [0.25, 0.3) is 0 Å². The molecule has 0 saturated heterocycles. The van der Waals surface area contributed by atoms with E-state index >= 15 is 0 Å². The van der Waals surface area contributed by atoms with Crippen LogP contribution in [0.1, 0.15) is 25.0 Å². The summed E-state index contributed by atoms with van der Waals surface area (Å²) in [4.78, 5) is 45.8. The Kier molecular flexibility index (Phi) is 11.7. The van der Waals surface area contributed by atoms with Crippen molar-refractivity contribution in [2.45, 2.75) is 33.0 Å². The Bertz CT molecular complexity index is 837. The molecule has 0 aliphatic heterocycles. The van der Waals surface area contributed by atoms with Gasteiger partial charge in [0.25, 0.3) is 0 Å². The van der Waals surface area contributed by atoms with Crippen LogP contribution in [-0.4, -0.2) is 50.0 Å². The van der Waals surface area contributed by atoms with Crippen molar-refractivity contribution in [3.63, 3.8) is 0 Å². The normalized spacial score (nSPS) is 10.8. The van der Waals surface area contributed by atoms with Crippen LogP contribution in [0, 0.1) is 0 Å². The minimum atomic E-state index is -0.661. The lowest BCUT2D eigenvalue weighted by Gasteiger charge is -2.14. The Morgan fingerprint density at radius 2 is 1.59 bits per heavy atom. The number of nitrogens with one attached hydrogen (secondary N) is 2. The van der Waals surface area contributed by atoms with E-state index in [1.54, 1.807) is 31.2 Å². The molecule has 1 rings (SSSR count). The smallest absolute Gasteiger partial charge is 0.407 e. The Balaban J connectivity index is 2.32. The number of rotatable bonds is 12. The number of alkyl carbamates (subject to hydrolysis) is 2. The van der Waals surface area contributed by atoms with Gasteiger partial charge in [-0.05, 0) is 25.0 Å². The van der Waals surface area contributed by atoms with Crippen LogP contribution >= 0.6 is 0 Å². The molecule has 10 nitrogen and oxygen atoms in total. The minimum Gasteiger partial charge on any atom is -0.459 e. The Morgan fingerprint density at radius 1 is 1.00 bits per heavy atom. The van der Waals surface area contributed by atoms with Crippen molar-refractivity contribution in [3.8, 4) is 0 Å². The molecule has 0 aliphatic rings. The van der Waals surface area contributed by atoms with Crippen LogP contribution < -0.4 is 10.6 Å². The van der Waals surface area contributed by atoms with Crippen LogP contribution in [0.5, 0.6) is 0 Å². The summed E-state index contributed by atoms with van der Waals surface area (Å²) in [5, 5.41) is 5.17. The first-order valence-electron chi connectivity index (χ1n) is 9.76. The first-order valence-corrected chi connectivity index (χ1v) is 9.76. The lowest BCUT2D eigenvalue weighted by Crippen LogP contribution is -2.30. The maximum absolute atomic E-state index is 11.8. The van der Waals surface area contributed by atoms with E-state index in [9.17, 15) is 19.2 Å². The summed E-state index contributed by atoms with van der Waals surface area (Å²) in [5.74, 6) is -1.14. The van der Waals surface area contributed by atoms with Crippen LogP contribution in [0.3, 0.4) is 0 Å². The number of amides is 2. The fraction of sp³-hybridized carbons (Fsp3) is 0.364. The van der Waals surface area contributed by atoms with Crippen molar-refractivity contribution < 1.29 is 38.1 Å². The summed E-state index contributed by atoms with van der Waals surface area (Å²) in [6, 6.07) is 7.17. The predicted molar refractivity (Wildman–Crippen MR) is 114 cm³/mol. The lowest BCUT2D eigenvalue weighted by atomic mass is 10.1. The van der Waals surface area contributed by atoms with Gasteiger partial charge in [0.2, 0.25) is 0 Å². The SMILES string of the molecule is C=CC(=O)OCC(C)OC(=O)NCc1cccc(CNC(=O)OCCOC(=O)C(=C)C)c1. The standard InChI is InChI=1S/C22H28N2O8/c1-5-19(25)31-14-16(4)32-22(28)24-13-18-8-6-7-17(11-18)12-23-21(27)30-10-9-29-20(26)15(2)3/h5-8,11,16H,1-2,9-10,12-14H2,3-4H3,(H,23,27)(H,24,28). The van der Waals surface area contributed by atoms with Gasteiger partial charge in [-0.15, -0.1) is 0 Å². The molecule has 0 spiro atoms. The van der Waals surface area contributed by atoms with Gasteiger partial charge in [0.15, 0.2) is 0 Å². The molecule has 1 aromatic rings. The van der Waals surface area contributed by atoms with E-state index in [0.717, 1.165) is 17.2 Å². The summed E-state index contributed by atoms with van der Waals surface area (Å²) >= 11 is 0. The Hall–Kier alpha value is -3.82. The number of hydrogen-bond acceptors (Lipinski definition) is 8. The maximum atomic E-state index is 11.8. The highest BCUT2D eigenvalue weighted by Crippen LogP contribution is 2.06. The highest BCUT2D eigenvalue weighted by Gasteiger charge is 2.11. The molecule has 0 fully saturated rings.